The van der Waals surface area contributed by atoms with Gasteiger partial charge in [-0.2, -0.15) is 5.10 Å². The Balaban J connectivity index is 1.48. The van der Waals surface area contributed by atoms with Crippen molar-refractivity contribution in [1.29, 1.82) is 0 Å². The van der Waals surface area contributed by atoms with Crippen molar-refractivity contribution in [3.05, 3.63) is 35.0 Å². The van der Waals surface area contributed by atoms with Gasteiger partial charge in [-0.25, -0.2) is 0 Å². The van der Waals surface area contributed by atoms with Gasteiger partial charge in [-0.15, -0.1) is 0 Å². The van der Waals surface area contributed by atoms with Gasteiger partial charge in [0.2, 0.25) is 11.8 Å². The number of imide groups is 1. The summed E-state index contributed by atoms with van der Waals surface area (Å²) in [5.74, 6) is 0.379. The van der Waals surface area contributed by atoms with Gasteiger partial charge in [0.25, 0.3) is 0 Å². The third-order valence-corrected chi connectivity index (χ3v) is 4.92. The van der Waals surface area contributed by atoms with Gasteiger partial charge in [0.1, 0.15) is 11.5 Å². The average Bonchev–Trinajstić information content (AvgIpc) is 3.23. The van der Waals surface area contributed by atoms with Crippen molar-refractivity contribution >= 4 is 11.8 Å². The van der Waals surface area contributed by atoms with Crippen LogP contribution < -0.4 is 0 Å². The summed E-state index contributed by atoms with van der Waals surface area (Å²) in [5, 5.41) is 8.22. The predicted molar refractivity (Wildman–Crippen MR) is 83.7 cm³/mol. The minimum Gasteiger partial charge on any atom is -0.361 e. The van der Waals surface area contributed by atoms with Crippen molar-refractivity contribution in [3.63, 3.8) is 0 Å². The van der Waals surface area contributed by atoms with Crippen molar-refractivity contribution < 1.29 is 14.1 Å². The zero-order chi connectivity index (χ0) is 16.7. The van der Waals surface area contributed by atoms with Gasteiger partial charge < -0.3 is 4.52 Å². The minimum absolute atomic E-state index is 0.114. The molecule has 1 saturated heterocycles. The smallest absolute Gasteiger partial charge is 0.233 e. The van der Waals surface area contributed by atoms with Gasteiger partial charge in [-0.1, -0.05) is 5.16 Å². The highest BCUT2D eigenvalue weighted by Gasteiger charge is 2.39. The highest BCUT2D eigenvalue weighted by atomic mass is 16.5. The maximum atomic E-state index is 12.6. The highest BCUT2D eigenvalue weighted by Crippen LogP contribution is 2.29. The Kier molecular flexibility index (Phi) is 3.70. The van der Waals surface area contributed by atoms with E-state index in [9.17, 15) is 9.59 Å². The van der Waals surface area contributed by atoms with E-state index in [2.05, 4.69) is 10.3 Å². The Bertz CT molecular complexity index is 792. The van der Waals surface area contributed by atoms with Gasteiger partial charge in [0.05, 0.1) is 18.7 Å². The molecule has 4 rings (SSSR count). The van der Waals surface area contributed by atoms with E-state index in [-0.39, 0.29) is 30.7 Å². The van der Waals surface area contributed by atoms with E-state index < -0.39 is 0 Å². The Hall–Kier alpha value is -2.44. The van der Waals surface area contributed by atoms with Crippen molar-refractivity contribution in [2.24, 2.45) is 13.0 Å². The number of likely N-dealkylation sites (tertiary alicyclic amines) is 1. The Morgan fingerprint density at radius 3 is 2.92 bits per heavy atom. The summed E-state index contributed by atoms with van der Waals surface area (Å²) >= 11 is 0. The second-order valence-corrected chi connectivity index (χ2v) is 6.68. The highest BCUT2D eigenvalue weighted by molar-refractivity contribution is 6.03. The summed E-state index contributed by atoms with van der Waals surface area (Å²) in [6.07, 6.45) is 8.46. The molecule has 0 bridgehead atoms. The molecule has 1 atom stereocenters. The van der Waals surface area contributed by atoms with Crippen LogP contribution >= 0.6 is 0 Å². The van der Waals surface area contributed by atoms with Crippen LogP contribution in [0.5, 0.6) is 0 Å². The first-order valence-corrected chi connectivity index (χ1v) is 8.40. The molecule has 2 amide bonds. The minimum atomic E-state index is -0.301. The van der Waals surface area contributed by atoms with Crippen LogP contribution in [0.25, 0.3) is 0 Å². The first kappa shape index (κ1) is 15.1. The van der Waals surface area contributed by atoms with Gasteiger partial charge in [0, 0.05) is 31.6 Å². The molecular weight excluding hydrogens is 308 g/mol. The number of hydrogen-bond acceptors (Lipinski definition) is 5. The number of hydrogen-bond donors (Lipinski definition) is 0. The Morgan fingerprint density at radius 2 is 2.12 bits per heavy atom. The number of nitrogens with zero attached hydrogens (tertiary/aromatic N) is 4. The van der Waals surface area contributed by atoms with Crippen LogP contribution in [0.4, 0.5) is 0 Å². The van der Waals surface area contributed by atoms with E-state index in [1.165, 1.54) is 4.90 Å². The maximum Gasteiger partial charge on any atom is 0.233 e. The van der Waals surface area contributed by atoms with Crippen molar-refractivity contribution in [3.8, 4) is 0 Å². The molecule has 0 aromatic carbocycles. The third-order valence-electron chi connectivity index (χ3n) is 4.92. The van der Waals surface area contributed by atoms with E-state index in [1.807, 2.05) is 13.2 Å². The lowest BCUT2D eigenvalue weighted by molar-refractivity contribution is -0.140. The van der Waals surface area contributed by atoms with Crippen molar-refractivity contribution in [2.75, 3.05) is 0 Å². The van der Waals surface area contributed by atoms with Gasteiger partial charge in [0.15, 0.2) is 0 Å². The molecule has 126 valence electrons. The number of carbonyl (C=O) groups is 2. The normalized spacial score (nSPS) is 20.7. The molecule has 1 fully saturated rings. The lowest BCUT2D eigenvalue weighted by Crippen LogP contribution is -2.31. The number of amides is 2. The molecule has 2 aromatic heterocycles. The molecule has 0 spiro atoms. The number of fused-ring (bicyclic) bond motifs is 1. The molecule has 3 heterocycles. The summed E-state index contributed by atoms with van der Waals surface area (Å²) in [5.41, 5.74) is 2.82. The molecule has 24 heavy (non-hydrogen) atoms. The summed E-state index contributed by atoms with van der Waals surface area (Å²) in [7, 11) is 1.84. The summed E-state index contributed by atoms with van der Waals surface area (Å²) in [6.45, 7) is 0.236. The Labute approximate surface area is 139 Å². The molecule has 2 aromatic rings. The first-order chi connectivity index (χ1) is 11.6. The van der Waals surface area contributed by atoms with Crippen LogP contribution in [-0.2, 0) is 42.4 Å². The number of aromatic nitrogens is 3. The standard InChI is InChI=1S/C17H20N4O3/c1-20-9-11(8-18-20)6-12-7-16(22)21(17(12)23)10-14-13-4-2-3-5-15(13)24-19-14/h8-9,12H,2-7,10H2,1H3. The molecule has 2 aliphatic rings. The lowest BCUT2D eigenvalue weighted by atomic mass is 9.96. The molecule has 1 aliphatic carbocycles. The predicted octanol–water partition coefficient (Wildman–Crippen LogP) is 1.40. The molecule has 1 unspecified atom stereocenters. The molecule has 1 aliphatic heterocycles. The van der Waals surface area contributed by atoms with E-state index in [4.69, 9.17) is 4.52 Å². The fraction of sp³-hybridized carbons (Fsp3) is 0.529. The van der Waals surface area contributed by atoms with Crippen molar-refractivity contribution in [1.82, 2.24) is 19.8 Å². The van der Waals surface area contributed by atoms with E-state index in [1.54, 1.807) is 10.9 Å². The van der Waals surface area contributed by atoms with Crippen molar-refractivity contribution in [2.45, 2.75) is 45.1 Å². The second kappa shape index (κ2) is 5.89. The van der Waals surface area contributed by atoms with Gasteiger partial charge in [-0.05, 0) is 31.2 Å². The van der Waals surface area contributed by atoms with Crippen LogP contribution in [0, 0.1) is 5.92 Å². The van der Waals surface area contributed by atoms with E-state index in [0.29, 0.717) is 6.42 Å². The maximum absolute atomic E-state index is 12.6. The number of carbonyl (C=O) groups excluding carboxylic acids is 2. The quantitative estimate of drug-likeness (QED) is 0.793. The first-order valence-electron chi connectivity index (χ1n) is 8.40. The SMILES string of the molecule is Cn1cc(CC2CC(=O)N(Cc3noc4c3CCCC4)C2=O)cn1. The Morgan fingerprint density at radius 1 is 1.29 bits per heavy atom. The summed E-state index contributed by atoms with van der Waals surface area (Å²) in [6, 6.07) is 0. The zero-order valence-electron chi connectivity index (χ0n) is 13.7. The fourth-order valence-corrected chi connectivity index (χ4v) is 3.66. The molecule has 0 N–H and O–H groups in total. The molecular formula is C17H20N4O3. The number of aryl methyl sites for hydroxylation is 2. The lowest BCUT2D eigenvalue weighted by Gasteiger charge is -2.15. The molecule has 0 radical (unpaired) electrons. The van der Waals surface area contributed by atoms with Gasteiger partial charge in [-0.3, -0.25) is 19.2 Å². The molecule has 7 heteroatoms. The van der Waals surface area contributed by atoms with Crippen LogP contribution in [-0.4, -0.2) is 31.7 Å². The van der Waals surface area contributed by atoms with Gasteiger partial charge >= 0.3 is 0 Å². The zero-order valence-corrected chi connectivity index (χ0v) is 13.7. The van der Waals surface area contributed by atoms with E-state index in [0.717, 1.165) is 48.3 Å². The van der Waals surface area contributed by atoms with Crippen LogP contribution in [0.2, 0.25) is 0 Å². The third kappa shape index (κ3) is 2.64. The molecule has 0 saturated carbocycles. The summed E-state index contributed by atoms with van der Waals surface area (Å²) in [4.78, 5) is 26.3. The average molecular weight is 328 g/mol. The molecule has 7 nitrogen and oxygen atoms in total. The monoisotopic (exact) mass is 328 g/mol. The van der Waals surface area contributed by atoms with Crippen LogP contribution in [0.15, 0.2) is 16.9 Å². The van der Waals surface area contributed by atoms with Crippen LogP contribution in [0.1, 0.15) is 41.8 Å². The van der Waals surface area contributed by atoms with E-state index >= 15 is 0 Å². The fourth-order valence-electron chi connectivity index (χ4n) is 3.66. The largest absolute Gasteiger partial charge is 0.361 e. The number of rotatable bonds is 4. The summed E-state index contributed by atoms with van der Waals surface area (Å²) < 4.78 is 7.09. The topological polar surface area (TPSA) is 81.2 Å². The van der Waals surface area contributed by atoms with Crippen LogP contribution in [0.3, 0.4) is 0 Å². The second-order valence-electron chi connectivity index (χ2n) is 6.68.